The standard InChI is InChI=1S/C14H9FN2O2/c15-10-4-5-11-12(7-10)16-17-13(11)8-2-1-3-9(6-8)14(18)19/h1-7H,(H,16,17)(H,18,19). The molecule has 0 radical (unpaired) electrons. The normalized spacial score (nSPS) is 10.8. The highest BCUT2D eigenvalue weighted by atomic mass is 19.1. The second-order valence-electron chi connectivity index (χ2n) is 4.15. The zero-order valence-electron chi connectivity index (χ0n) is 9.72. The van der Waals surface area contributed by atoms with Crippen LogP contribution >= 0.6 is 0 Å². The maximum Gasteiger partial charge on any atom is 0.335 e. The quantitative estimate of drug-likeness (QED) is 0.740. The molecule has 0 fully saturated rings. The van der Waals surface area contributed by atoms with Gasteiger partial charge in [-0.1, -0.05) is 12.1 Å². The SMILES string of the molecule is O=C(O)c1cccc(-c2n[nH]c3cc(F)ccc23)c1. The lowest BCUT2D eigenvalue weighted by atomic mass is 10.1. The van der Waals surface area contributed by atoms with Crippen LogP contribution in [0.1, 0.15) is 10.4 Å². The Morgan fingerprint density at radius 3 is 2.84 bits per heavy atom. The number of aromatic carboxylic acids is 1. The fraction of sp³-hybridized carbons (Fsp3) is 0. The first-order valence-corrected chi connectivity index (χ1v) is 5.62. The molecule has 0 spiro atoms. The third-order valence-corrected chi connectivity index (χ3v) is 2.91. The lowest BCUT2D eigenvalue weighted by molar-refractivity contribution is 0.0697. The van der Waals surface area contributed by atoms with Crippen LogP contribution in [0, 0.1) is 5.82 Å². The van der Waals surface area contributed by atoms with Crippen LogP contribution in [0.3, 0.4) is 0 Å². The molecule has 94 valence electrons. The molecule has 0 aliphatic rings. The summed E-state index contributed by atoms with van der Waals surface area (Å²) in [6, 6.07) is 10.8. The Morgan fingerprint density at radius 1 is 1.21 bits per heavy atom. The van der Waals surface area contributed by atoms with E-state index in [2.05, 4.69) is 10.2 Å². The van der Waals surface area contributed by atoms with Gasteiger partial charge in [0.05, 0.1) is 16.8 Å². The first kappa shape index (κ1) is 11.4. The number of nitrogens with zero attached hydrogens (tertiary/aromatic N) is 1. The molecule has 0 atom stereocenters. The summed E-state index contributed by atoms with van der Waals surface area (Å²) in [6.45, 7) is 0. The van der Waals surface area contributed by atoms with Crippen LogP contribution in [0.15, 0.2) is 42.5 Å². The van der Waals surface area contributed by atoms with Crippen LogP contribution in [-0.2, 0) is 0 Å². The number of H-pyrrole nitrogens is 1. The molecule has 0 saturated carbocycles. The lowest BCUT2D eigenvalue weighted by Crippen LogP contribution is -1.95. The van der Waals surface area contributed by atoms with Crippen molar-refractivity contribution in [3.8, 4) is 11.3 Å². The molecule has 2 aromatic carbocycles. The van der Waals surface area contributed by atoms with Crippen molar-refractivity contribution >= 4 is 16.9 Å². The molecular weight excluding hydrogens is 247 g/mol. The minimum atomic E-state index is -0.993. The summed E-state index contributed by atoms with van der Waals surface area (Å²) in [5.74, 6) is -1.34. The largest absolute Gasteiger partial charge is 0.478 e. The van der Waals surface area contributed by atoms with Gasteiger partial charge in [-0.05, 0) is 30.3 Å². The molecule has 0 aliphatic heterocycles. The molecule has 4 nitrogen and oxygen atoms in total. The fourth-order valence-electron chi connectivity index (χ4n) is 2.01. The zero-order valence-corrected chi connectivity index (χ0v) is 9.72. The van der Waals surface area contributed by atoms with Crippen molar-refractivity contribution in [2.24, 2.45) is 0 Å². The van der Waals surface area contributed by atoms with Crippen molar-refractivity contribution in [2.75, 3.05) is 0 Å². The van der Waals surface area contributed by atoms with Gasteiger partial charge in [-0.25, -0.2) is 9.18 Å². The highest BCUT2D eigenvalue weighted by molar-refractivity contribution is 5.95. The summed E-state index contributed by atoms with van der Waals surface area (Å²) in [5, 5.41) is 16.6. The van der Waals surface area contributed by atoms with Crippen LogP contribution in [0.4, 0.5) is 4.39 Å². The van der Waals surface area contributed by atoms with E-state index in [0.29, 0.717) is 16.8 Å². The van der Waals surface area contributed by atoms with Crippen LogP contribution in [0.25, 0.3) is 22.2 Å². The lowest BCUT2D eigenvalue weighted by Gasteiger charge is -2.00. The van der Waals surface area contributed by atoms with E-state index in [4.69, 9.17) is 5.11 Å². The summed E-state index contributed by atoms with van der Waals surface area (Å²) in [4.78, 5) is 11.0. The minimum Gasteiger partial charge on any atom is -0.478 e. The van der Waals surface area contributed by atoms with E-state index in [1.807, 2.05) is 0 Å². The molecule has 19 heavy (non-hydrogen) atoms. The van der Waals surface area contributed by atoms with E-state index in [9.17, 15) is 9.18 Å². The number of halogens is 1. The molecule has 3 rings (SSSR count). The summed E-state index contributed by atoms with van der Waals surface area (Å²) in [5.41, 5.74) is 2.06. The van der Waals surface area contributed by atoms with E-state index < -0.39 is 5.97 Å². The first-order chi connectivity index (χ1) is 9.15. The number of rotatable bonds is 2. The molecule has 2 N–H and O–H groups in total. The Morgan fingerprint density at radius 2 is 2.05 bits per heavy atom. The summed E-state index contributed by atoms with van der Waals surface area (Å²) in [7, 11) is 0. The molecule has 3 aromatic rings. The van der Waals surface area contributed by atoms with Gasteiger partial charge < -0.3 is 5.11 Å². The minimum absolute atomic E-state index is 0.191. The van der Waals surface area contributed by atoms with Crippen LogP contribution in [-0.4, -0.2) is 21.3 Å². The van der Waals surface area contributed by atoms with Crippen LogP contribution in [0.5, 0.6) is 0 Å². The molecule has 0 aliphatic carbocycles. The number of fused-ring (bicyclic) bond motifs is 1. The smallest absolute Gasteiger partial charge is 0.335 e. The van der Waals surface area contributed by atoms with Gasteiger partial charge in [0.15, 0.2) is 0 Å². The average Bonchev–Trinajstić information content (AvgIpc) is 2.81. The number of nitrogens with one attached hydrogen (secondary N) is 1. The van der Waals surface area contributed by atoms with Gasteiger partial charge in [0.25, 0.3) is 0 Å². The van der Waals surface area contributed by atoms with E-state index >= 15 is 0 Å². The number of benzene rings is 2. The summed E-state index contributed by atoms with van der Waals surface area (Å²) < 4.78 is 13.1. The molecular formula is C14H9FN2O2. The van der Waals surface area contributed by atoms with Crippen molar-refractivity contribution < 1.29 is 14.3 Å². The molecule has 5 heteroatoms. The molecule has 0 unspecified atom stereocenters. The summed E-state index contributed by atoms with van der Waals surface area (Å²) in [6.07, 6.45) is 0. The first-order valence-electron chi connectivity index (χ1n) is 5.62. The van der Waals surface area contributed by atoms with Gasteiger partial charge in [0.1, 0.15) is 5.82 Å². The maximum absolute atomic E-state index is 13.1. The number of aromatic amines is 1. The van der Waals surface area contributed by atoms with Gasteiger partial charge in [0, 0.05) is 10.9 Å². The fourth-order valence-corrected chi connectivity index (χ4v) is 2.01. The highest BCUT2D eigenvalue weighted by Crippen LogP contribution is 2.27. The van der Waals surface area contributed by atoms with Gasteiger partial charge >= 0.3 is 5.97 Å². The van der Waals surface area contributed by atoms with Crippen molar-refractivity contribution in [3.05, 3.63) is 53.8 Å². The number of hydrogen-bond acceptors (Lipinski definition) is 2. The van der Waals surface area contributed by atoms with E-state index in [1.165, 1.54) is 18.2 Å². The number of aromatic nitrogens is 2. The van der Waals surface area contributed by atoms with Gasteiger partial charge in [0.2, 0.25) is 0 Å². The van der Waals surface area contributed by atoms with Gasteiger partial charge in [-0.15, -0.1) is 0 Å². The predicted octanol–water partition coefficient (Wildman–Crippen LogP) is 3.07. The Labute approximate surface area is 107 Å². The topological polar surface area (TPSA) is 66.0 Å². The number of carboxylic acid groups (broad SMARTS) is 1. The van der Waals surface area contributed by atoms with Crippen LogP contribution in [0.2, 0.25) is 0 Å². The van der Waals surface area contributed by atoms with Crippen molar-refractivity contribution in [2.45, 2.75) is 0 Å². The average molecular weight is 256 g/mol. The Kier molecular flexibility index (Phi) is 2.52. The van der Waals surface area contributed by atoms with E-state index in [0.717, 1.165) is 5.39 Å². The number of hydrogen-bond donors (Lipinski definition) is 2. The highest BCUT2D eigenvalue weighted by Gasteiger charge is 2.11. The maximum atomic E-state index is 13.1. The molecule has 0 saturated heterocycles. The Balaban J connectivity index is 2.19. The number of carbonyl (C=O) groups is 1. The predicted molar refractivity (Wildman–Crippen MR) is 68.4 cm³/mol. The van der Waals surface area contributed by atoms with Crippen LogP contribution < -0.4 is 0 Å². The zero-order chi connectivity index (χ0) is 13.4. The second kappa shape index (κ2) is 4.20. The molecule has 0 bridgehead atoms. The Bertz CT molecular complexity index is 780. The van der Waals surface area contributed by atoms with Crippen molar-refractivity contribution in [3.63, 3.8) is 0 Å². The van der Waals surface area contributed by atoms with Crippen molar-refractivity contribution in [1.82, 2.24) is 10.2 Å². The summed E-state index contributed by atoms with van der Waals surface area (Å²) >= 11 is 0. The van der Waals surface area contributed by atoms with Gasteiger partial charge in [-0.3, -0.25) is 5.10 Å². The third-order valence-electron chi connectivity index (χ3n) is 2.91. The van der Waals surface area contributed by atoms with E-state index in [-0.39, 0.29) is 11.4 Å². The second-order valence-corrected chi connectivity index (χ2v) is 4.15. The van der Waals surface area contributed by atoms with Crippen molar-refractivity contribution in [1.29, 1.82) is 0 Å². The molecule has 0 amide bonds. The van der Waals surface area contributed by atoms with Gasteiger partial charge in [-0.2, -0.15) is 5.10 Å². The monoisotopic (exact) mass is 256 g/mol. The van der Waals surface area contributed by atoms with E-state index in [1.54, 1.807) is 24.3 Å². The Hall–Kier alpha value is -2.69. The number of carboxylic acids is 1. The molecule has 1 aromatic heterocycles. The third kappa shape index (κ3) is 1.95. The molecule has 1 heterocycles.